The Labute approximate surface area is 295 Å². The molecule has 2 unspecified atom stereocenters. The Morgan fingerprint density at radius 2 is 1.82 bits per heavy atom. The van der Waals surface area contributed by atoms with E-state index in [0.29, 0.717) is 65.4 Å². The summed E-state index contributed by atoms with van der Waals surface area (Å²) in [7, 11) is 1.52. The molecule has 3 aliphatic heterocycles. The molecular weight excluding hydrogens is 663 g/mol. The van der Waals surface area contributed by atoms with Gasteiger partial charge < -0.3 is 20.3 Å². The Kier molecular flexibility index (Phi) is 10.0. The number of rotatable bonds is 10. The quantitative estimate of drug-likeness (QED) is 0.250. The van der Waals surface area contributed by atoms with Crippen LogP contribution < -0.4 is 25.3 Å². The number of halogens is 3. The molecule has 2 aromatic heterocycles. The van der Waals surface area contributed by atoms with Crippen molar-refractivity contribution in [2.45, 2.75) is 69.4 Å². The highest BCUT2D eigenvalue weighted by atomic mass is 19.4. The molecule has 51 heavy (non-hydrogen) atoms. The van der Waals surface area contributed by atoms with E-state index in [1.165, 1.54) is 43.5 Å². The topological polar surface area (TPSA) is 111 Å². The zero-order valence-electron chi connectivity index (χ0n) is 28.9. The fraction of sp³-hybridized carbons (Fsp3) is 0.500. The van der Waals surface area contributed by atoms with Gasteiger partial charge in [0.05, 0.1) is 31.0 Å². The molecule has 0 radical (unpaired) electrons. The van der Waals surface area contributed by atoms with Crippen LogP contribution in [0.4, 0.5) is 42.0 Å². The number of pyridine rings is 1. The number of hydrogen-bond acceptors (Lipinski definition) is 11. The molecule has 4 fully saturated rings. The van der Waals surface area contributed by atoms with Crippen molar-refractivity contribution < 1.29 is 27.5 Å². The first-order valence-electron chi connectivity index (χ1n) is 17.6. The van der Waals surface area contributed by atoms with Gasteiger partial charge in [0, 0.05) is 63.3 Å². The van der Waals surface area contributed by atoms with Crippen molar-refractivity contribution >= 4 is 34.7 Å². The van der Waals surface area contributed by atoms with Gasteiger partial charge in [-0.2, -0.15) is 18.2 Å². The van der Waals surface area contributed by atoms with Gasteiger partial charge in [0.25, 0.3) is 0 Å². The van der Waals surface area contributed by atoms with E-state index in [1.807, 2.05) is 0 Å². The number of ether oxygens (including phenoxy) is 1. The van der Waals surface area contributed by atoms with Gasteiger partial charge in [0.2, 0.25) is 11.8 Å². The molecule has 15 heteroatoms. The number of piperazine rings is 1. The minimum Gasteiger partial charge on any atom is -0.479 e. The van der Waals surface area contributed by atoms with E-state index >= 15 is 0 Å². The summed E-state index contributed by atoms with van der Waals surface area (Å²) in [6.45, 7) is 11.2. The van der Waals surface area contributed by atoms with E-state index in [9.17, 15) is 18.0 Å². The summed E-state index contributed by atoms with van der Waals surface area (Å²) in [5.41, 5.74) is 0.685. The van der Waals surface area contributed by atoms with Gasteiger partial charge in [-0.05, 0) is 62.4 Å². The molecule has 1 aliphatic carbocycles. The molecule has 3 saturated heterocycles. The van der Waals surface area contributed by atoms with E-state index in [-0.39, 0.29) is 5.91 Å². The molecule has 0 bridgehead atoms. The number of nitrogens with one attached hydrogen (secondary N) is 2. The zero-order valence-corrected chi connectivity index (χ0v) is 28.9. The number of nitrogens with zero attached hydrogens (tertiary/aromatic N) is 7. The van der Waals surface area contributed by atoms with Crippen LogP contribution in [0.1, 0.15) is 56.2 Å². The smallest absolute Gasteiger partial charge is 0.416 e. The van der Waals surface area contributed by atoms with Crippen molar-refractivity contribution in [3.8, 4) is 5.88 Å². The highest BCUT2D eigenvalue weighted by Gasteiger charge is 2.38. The second kappa shape index (κ2) is 14.6. The summed E-state index contributed by atoms with van der Waals surface area (Å²) in [5.74, 6) is 1.26. The fourth-order valence-corrected chi connectivity index (χ4v) is 7.57. The molecule has 2 N–H and O–H groups in total. The number of hydroxylamine groups is 1. The molecule has 2 atom stereocenters. The number of carbonyl (C=O) groups excluding carboxylic acids is 1. The number of anilines is 5. The molecule has 4 aliphatic rings. The number of benzene rings is 1. The van der Waals surface area contributed by atoms with Gasteiger partial charge in [-0.3, -0.25) is 19.4 Å². The minimum atomic E-state index is -4.46. The largest absolute Gasteiger partial charge is 0.479 e. The third-order valence-corrected chi connectivity index (χ3v) is 10.3. The average molecular weight is 708 g/mol. The van der Waals surface area contributed by atoms with E-state index < -0.39 is 17.8 Å². The number of alkyl halides is 3. The van der Waals surface area contributed by atoms with Gasteiger partial charge in [0.1, 0.15) is 17.8 Å². The predicted molar refractivity (Wildman–Crippen MR) is 188 cm³/mol. The second-order valence-electron chi connectivity index (χ2n) is 13.6. The maximum Gasteiger partial charge on any atom is 0.416 e. The Morgan fingerprint density at radius 1 is 1.02 bits per heavy atom. The fourth-order valence-electron chi connectivity index (χ4n) is 7.57. The molecule has 1 saturated carbocycles. The highest BCUT2D eigenvalue weighted by Crippen LogP contribution is 2.40. The van der Waals surface area contributed by atoms with Gasteiger partial charge >= 0.3 is 6.18 Å². The normalized spacial score (nSPS) is 22.2. The lowest BCUT2D eigenvalue weighted by Gasteiger charge is -2.46. The van der Waals surface area contributed by atoms with Crippen LogP contribution in [0.5, 0.6) is 5.88 Å². The van der Waals surface area contributed by atoms with Crippen LogP contribution in [-0.2, 0) is 15.8 Å². The molecule has 0 spiro atoms. The van der Waals surface area contributed by atoms with E-state index in [1.54, 1.807) is 18.2 Å². The number of piperidine rings is 1. The molecule has 1 aromatic carbocycles. The van der Waals surface area contributed by atoms with Crippen molar-refractivity contribution in [3.05, 3.63) is 66.5 Å². The highest BCUT2D eigenvalue weighted by molar-refractivity contribution is 6.01. The van der Waals surface area contributed by atoms with Crippen LogP contribution in [0.3, 0.4) is 0 Å². The molecule has 5 heterocycles. The third kappa shape index (κ3) is 7.75. The van der Waals surface area contributed by atoms with Crippen LogP contribution in [0, 0.1) is 0 Å². The number of aromatic nitrogens is 3. The summed E-state index contributed by atoms with van der Waals surface area (Å²) in [6.07, 6.45) is 3.21. The van der Waals surface area contributed by atoms with Gasteiger partial charge in [-0.15, -0.1) is 0 Å². The first-order chi connectivity index (χ1) is 24.6. The van der Waals surface area contributed by atoms with Crippen LogP contribution in [0.25, 0.3) is 0 Å². The molecule has 7 rings (SSSR count). The second-order valence-corrected chi connectivity index (χ2v) is 13.6. The van der Waals surface area contributed by atoms with Crippen molar-refractivity contribution in [1.29, 1.82) is 0 Å². The summed E-state index contributed by atoms with van der Waals surface area (Å²) in [6, 6.07) is 10.0. The molecule has 3 aromatic rings. The number of methoxy groups -OCH3 is 1. The van der Waals surface area contributed by atoms with Crippen LogP contribution in [-0.4, -0.2) is 95.2 Å². The van der Waals surface area contributed by atoms with Gasteiger partial charge in [-0.1, -0.05) is 18.7 Å². The lowest BCUT2D eigenvalue weighted by Crippen LogP contribution is -2.57. The molecule has 1 amide bonds. The first kappa shape index (κ1) is 35.0. The summed E-state index contributed by atoms with van der Waals surface area (Å²) < 4.78 is 46.1. The third-order valence-electron chi connectivity index (χ3n) is 10.3. The summed E-state index contributed by atoms with van der Waals surface area (Å²) in [5, 5.41) is 7.65. The standard InChI is InChI=1S/C36H44F3N9O3/c1-4-33(49)43-28-19-29(35(50-3)44-34(28)45-13-10-26(11-14-45)46-15-16-47(23(2)21-46)27-8-9-27)42-31-20-32(41-22-40-31)48-30(12-17-51-48)24-6-5-7-25(18-24)36(37,38)39/h4-7,18-20,22-23,26-27,30H,1,8-17,21H2,2-3H3,(H,43,49)(H,40,41,42). The molecule has 12 nitrogen and oxygen atoms in total. The average Bonchev–Trinajstić information content (AvgIpc) is 3.86. The molecule has 272 valence electrons. The summed E-state index contributed by atoms with van der Waals surface area (Å²) >= 11 is 0. The minimum absolute atomic E-state index is 0.299. The van der Waals surface area contributed by atoms with Gasteiger partial charge in [0.15, 0.2) is 11.6 Å². The van der Waals surface area contributed by atoms with Crippen molar-refractivity contribution in [2.24, 2.45) is 0 Å². The van der Waals surface area contributed by atoms with E-state index in [2.05, 4.69) is 48.8 Å². The number of amides is 1. The van der Waals surface area contributed by atoms with Crippen molar-refractivity contribution in [3.63, 3.8) is 0 Å². The first-order valence-corrected chi connectivity index (χ1v) is 17.6. The van der Waals surface area contributed by atoms with Crippen LogP contribution in [0.2, 0.25) is 0 Å². The van der Waals surface area contributed by atoms with E-state index in [4.69, 9.17) is 14.6 Å². The van der Waals surface area contributed by atoms with Gasteiger partial charge in [-0.25, -0.2) is 15.0 Å². The van der Waals surface area contributed by atoms with Crippen molar-refractivity contribution in [1.82, 2.24) is 24.8 Å². The number of carbonyl (C=O) groups is 1. The lowest BCUT2D eigenvalue weighted by atomic mass is 10.0. The Balaban J connectivity index is 1.08. The predicted octanol–water partition coefficient (Wildman–Crippen LogP) is 5.79. The monoisotopic (exact) mass is 707 g/mol. The maximum absolute atomic E-state index is 13.5. The van der Waals surface area contributed by atoms with Crippen LogP contribution in [0.15, 0.2) is 55.4 Å². The van der Waals surface area contributed by atoms with E-state index in [0.717, 1.165) is 63.7 Å². The van der Waals surface area contributed by atoms with Crippen LogP contribution >= 0.6 is 0 Å². The molecular formula is C36H44F3N9O3. The maximum atomic E-state index is 13.5. The summed E-state index contributed by atoms with van der Waals surface area (Å²) in [4.78, 5) is 39.5. The Morgan fingerprint density at radius 3 is 2.53 bits per heavy atom. The van der Waals surface area contributed by atoms with Crippen molar-refractivity contribution in [2.75, 3.05) is 67.0 Å². The zero-order chi connectivity index (χ0) is 35.7. The SMILES string of the molecule is C=CC(=O)Nc1cc(Nc2cc(N3OCCC3c3cccc(C(F)(F)F)c3)ncn2)c(OC)nc1N1CCC(N2CCN(C3CC3)C(C)C2)CC1. The Hall–Kier alpha value is -4.47. The lowest BCUT2D eigenvalue weighted by molar-refractivity contribution is -0.137. The number of hydrogen-bond donors (Lipinski definition) is 2. The Bertz CT molecular complexity index is 1730.